The number of hydrogen-bond donors (Lipinski definition) is 1. The molecule has 0 spiro atoms. The third kappa shape index (κ3) is 7.70. The van der Waals surface area contributed by atoms with E-state index in [2.05, 4.69) is 22.4 Å². The number of rotatable bonds is 11. The molecule has 3 rings (SSSR count). The Balaban J connectivity index is 1.66. The van der Waals surface area contributed by atoms with E-state index in [0.29, 0.717) is 19.7 Å². The number of oxime groups is 1. The minimum absolute atomic E-state index is 0.439. The van der Waals surface area contributed by atoms with E-state index in [1.807, 2.05) is 54.6 Å². The first-order valence-electron chi connectivity index (χ1n) is 10.7. The van der Waals surface area contributed by atoms with Gasteiger partial charge >= 0.3 is 0 Å². The molecule has 1 N–H and O–H groups in total. The maximum atomic E-state index is 5.66. The average Bonchev–Trinajstić information content (AvgIpc) is 2.83. The van der Waals surface area contributed by atoms with Gasteiger partial charge in [0.15, 0.2) is 0 Å². The lowest BCUT2D eigenvalue weighted by molar-refractivity contribution is 0.0453. The standard InChI is InChI=1S/C24H32N4O3/c1-3-23(27-31-19-21-7-5-4-6-8-21)24(18-28-13-15-30-16-14-28)26-25-17-20-9-11-22(29-2)12-10-20/h4-12,25H,3,13-19H2,1-2H3. The molecule has 166 valence electrons. The molecule has 7 nitrogen and oxygen atoms in total. The lowest BCUT2D eigenvalue weighted by Crippen LogP contribution is -2.41. The van der Waals surface area contributed by atoms with Gasteiger partial charge in [0.1, 0.15) is 18.1 Å². The summed E-state index contributed by atoms with van der Waals surface area (Å²) in [4.78, 5) is 7.99. The van der Waals surface area contributed by atoms with Crippen molar-refractivity contribution in [2.75, 3.05) is 40.0 Å². The Kier molecular flexibility index (Phi) is 9.34. The van der Waals surface area contributed by atoms with E-state index < -0.39 is 0 Å². The smallest absolute Gasteiger partial charge is 0.142 e. The first-order chi connectivity index (χ1) is 15.3. The van der Waals surface area contributed by atoms with Gasteiger partial charge in [-0.15, -0.1) is 0 Å². The molecule has 1 saturated heterocycles. The zero-order valence-electron chi connectivity index (χ0n) is 18.4. The minimum atomic E-state index is 0.439. The Hall–Kier alpha value is -2.90. The lowest BCUT2D eigenvalue weighted by Gasteiger charge is -2.27. The summed E-state index contributed by atoms with van der Waals surface area (Å²) in [6.45, 7) is 7.11. The van der Waals surface area contributed by atoms with Gasteiger partial charge in [-0.25, -0.2) is 0 Å². The minimum Gasteiger partial charge on any atom is -0.497 e. The molecular weight excluding hydrogens is 392 g/mol. The molecule has 0 radical (unpaired) electrons. The largest absolute Gasteiger partial charge is 0.497 e. The molecule has 0 aliphatic carbocycles. The summed E-state index contributed by atoms with van der Waals surface area (Å²) in [5, 5.41) is 9.12. The van der Waals surface area contributed by atoms with Crippen LogP contribution in [0.4, 0.5) is 0 Å². The van der Waals surface area contributed by atoms with Crippen molar-refractivity contribution in [3.63, 3.8) is 0 Å². The third-order valence-corrected chi connectivity index (χ3v) is 5.05. The number of hydrazone groups is 1. The van der Waals surface area contributed by atoms with Crippen molar-refractivity contribution in [1.29, 1.82) is 0 Å². The Morgan fingerprint density at radius 2 is 1.74 bits per heavy atom. The number of hydrogen-bond acceptors (Lipinski definition) is 7. The van der Waals surface area contributed by atoms with E-state index in [4.69, 9.17) is 19.4 Å². The summed E-state index contributed by atoms with van der Waals surface area (Å²) in [6, 6.07) is 18.0. The van der Waals surface area contributed by atoms with E-state index in [9.17, 15) is 0 Å². The molecule has 7 heteroatoms. The van der Waals surface area contributed by atoms with Gasteiger partial charge in [0.05, 0.1) is 32.6 Å². The Morgan fingerprint density at radius 3 is 2.42 bits per heavy atom. The maximum Gasteiger partial charge on any atom is 0.142 e. The van der Waals surface area contributed by atoms with Crippen LogP contribution in [0.5, 0.6) is 5.75 Å². The molecule has 0 saturated carbocycles. The van der Waals surface area contributed by atoms with Gasteiger partial charge in [-0.3, -0.25) is 4.90 Å². The highest BCUT2D eigenvalue weighted by Gasteiger charge is 2.17. The number of ether oxygens (including phenoxy) is 2. The molecule has 1 aliphatic heterocycles. The van der Waals surface area contributed by atoms with E-state index in [0.717, 1.165) is 61.0 Å². The predicted molar refractivity (Wildman–Crippen MR) is 123 cm³/mol. The first-order valence-corrected chi connectivity index (χ1v) is 10.7. The number of morpholine rings is 1. The van der Waals surface area contributed by atoms with Crippen LogP contribution in [-0.4, -0.2) is 56.3 Å². The van der Waals surface area contributed by atoms with Crippen LogP contribution in [-0.2, 0) is 22.7 Å². The molecule has 31 heavy (non-hydrogen) atoms. The van der Waals surface area contributed by atoms with Crippen LogP contribution < -0.4 is 10.2 Å². The third-order valence-electron chi connectivity index (χ3n) is 5.05. The molecular formula is C24H32N4O3. The summed E-state index contributed by atoms with van der Waals surface area (Å²) in [5.74, 6) is 0.844. The molecule has 2 aromatic rings. The molecule has 1 aliphatic rings. The van der Waals surface area contributed by atoms with Crippen molar-refractivity contribution < 1.29 is 14.3 Å². The topological polar surface area (TPSA) is 67.7 Å². The average molecular weight is 425 g/mol. The van der Waals surface area contributed by atoms with Crippen LogP contribution in [0.1, 0.15) is 24.5 Å². The van der Waals surface area contributed by atoms with Gasteiger partial charge in [-0.05, 0) is 29.7 Å². The molecule has 0 atom stereocenters. The molecule has 0 unspecified atom stereocenters. The fourth-order valence-electron chi connectivity index (χ4n) is 3.21. The van der Waals surface area contributed by atoms with Gasteiger partial charge in [0.25, 0.3) is 0 Å². The van der Waals surface area contributed by atoms with Crippen molar-refractivity contribution >= 4 is 11.4 Å². The molecule has 0 aromatic heterocycles. The fraction of sp³-hybridized carbons (Fsp3) is 0.417. The van der Waals surface area contributed by atoms with Gasteiger partial charge < -0.3 is 19.7 Å². The maximum absolute atomic E-state index is 5.66. The van der Waals surface area contributed by atoms with Crippen LogP contribution in [0.2, 0.25) is 0 Å². The number of methoxy groups -OCH3 is 1. The Labute approximate surface area is 184 Å². The highest BCUT2D eigenvalue weighted by atomic mass is 16.6. The van der Waals surface area contributed by atoms with Gasteiger partial charge in [-0.2, -0.15) is 5.10 Å². The number of nitrogens with one attached hydrogen (secondary N) is 1. The van der Waals surface area contributed by atoms with Crippen molar-refractivity contribution in [1.82, 2.24) is 10.3 Å². The summed E-state index contributed by atoms with van der Waals surface area (Å²) in [6.07, 6.45) is 0.738. The van der Waals surface area contributed by atoms with E-state index >= 15 is 0 Å². The molecule has 2 aromatic carbocycles. The summed E-state index contributed by atoms with van der Waals surface area (Å²) in [5.41, 5.74) is 7.17. The molecule has 0 bridgehead atoms. The highest BCUT2D eigenvalue weighted by Crippen LogP contribution is 2.11. The molecule has 1 heterocycles. The van der Waals surface area contributed by atoms with E-state index in [1.165, 1.54) is 0 Å². The Bertz CT molecular complexity index is 832. The van der Waals surface area contributed by atoms with Crippen LogP contribution in [0.25, 0.3) is 0 Å². The SMILES string of the molecule is CCC(=NOCc1ccccc1)C(CN1CCOCC1)=NNCc1ccc(OC)cc1. The second-order valence-electron chi connectivity index (χ2n) is 7.28. The van der Waals surface area contributed by atoms with Crippen LogP contribution >= 0.6 is 0 Å². The number of benzene rings is 2. The van der Waals surface area contributed by atoms with Crippen molar-refractivity contribution in [2.45, 2.75) is 26.5 Å². The predicted octanol–water partition coefficient (Wildman–Crippen LogP) is 3.46. The van der Waals surface area contributed by atoms with Crippen molar-refractivity contribution in [3.8, 4) is 5.75 Å². The Morgan fingerprint density at radius 1 is 1.00 bits per heavy atom. The second-order valence-corrected chi connectivity index (χ2v) is 7.28. The quantitative estimate of drug-likeness (QED) is 0.442. The highest BCUT2D eigenvalue weighted by molar-refractivity contribution is 6.42. The molecule has 0 amide bonds. The summed E-state index contributed by atoms with van der Waals surface area (Å²) >= 11 is 0. The summed E-state index contributed by atoms with van der Waals surface area (Å²) < 4.78 is 10.7. The second kappa shape index (κ2) is 12.7. The van der Waals surface area contributed by atoms with Crippen molar-refractivity contribution in [2.24, 2.45) is 10.3 Å². The zero-order chi connectivity index (χ0) is 21.7. The normalized spacial score (nSPS) is 15.5. The van der Waals surface area contributed by atoms with Crippen LogP contribution in [0.3, 0.4) is 0 Å². The van der Waals surface area contributed by atoms with Gasteiger partial charge in [-0.1, -0.05) is 54.5 Å². The fourth-order valence-corrected chi connectivity index (χ4v) is 3.21. The van der Waals surface area contributed by atoms with Gasteiger partial charge in [0, 0.05) is 19.6 Å². The van der Waals surface area contributed by atoms with Crippen LogP contribution in [0.15, 0.2) is 64.9 Å². The van der Waals surface area contributed by atoms with E-state index in [1.54, 1.807) is 7.11 Å². The van der Waals surface area contributed by atoms with Crippen LogP contribution in [0, 0.1) is 0 Å². The lowest BCUT2D eigenvalue weighted by atomic mass is 10.1. The first kappa shape index (κ1) is 22.8. The monoisotopic (exact) mass is 424 g/mol. The van der Waals surface area contributed by atoms with Crippen molar-refractivity contribution in [3.05, 3.63) is 65.7 Å². The summed E-state index contributed by atoms with van der Waals surface area (Å²) in [7, 11) is 1.67. The zero-order valence-corrected chi connectivity index (χ0v) is 18.4. The van der Waals surface area contributed by atoms with E-state index in [-0.39, 0.29) is 0 Å². The molecule has 1 fully saturated rings. The number of nitrogens with zero attached hydrogens (tertiary/aromatic N) is 3. The van der Waals surface area contributed by atoms with Gasteiger partial charge in [0.2, 0.25) is 0 Å².